The zero-order valence-corrected chi connectivity index (χ0v) is 17.7. The van der Waals surface area contributed by atoms with E-state index in [-0.39, 0.29) is 12.5 Å². The van der Waals surface area contributed by atoms with Gasteiger partial charge in [-0.2, -0.15) is 5.10 Å². The van der Waals surface area contributed by atoms with Crippen molar-refractivity contribution in [2.75, 3.05) is 6.61 Å². The van der Waals surface area contributed by atoms with Gasteiger partial charge in [0.1, 0.15) is 5.75 Å². The van der Waals surface area contributed by atoms with Gasteiger partial charge < -0.3 is 9.30 Å². The maximum Gasteiger partial charge on any atom is 0.277 e. The average molecular weight is 462 g/mol. The summed E-state index contributed by atoms with van der Waals surface area (Å²) < 4.78 is 8.59. The van der Waals surface area contributed by atoms with Gasteiger partial charge in [0, 0.05) is 33.7 Å². The van der Waals surface area contributed by atoms with Gasteiger partial charge in [-0.1, -0.05) is 64.5 Å². The van der Waals surface area contributed by atoms with Crippen LogP contribution < -0.4 is 10.2 Å². The number of carbonyl (C=O) groups excluding carboxylic acids is 1. The fraction of sp³-hybridized carbons (Fsp3) is 0.0833. The molecule has 150 valence electrons. The standard InChI is InChI=1S/C24H20BrN3O2/c25-20-10-12-21(13-11-20)30-17-24(29)27-26-14-19-16-28(15-18-6-2-1-3-7-18)23-9-5-4-8-22(19)23/h1-14,16H,15,17H2,(H,27,29)/b26-14+. The smallest absolute Gasteiger partial charge is 0.277 e. The van der Waals surface area contributed by atoms with Crippen molar-refractivity contribution < 1.29 is 9.53 Å². The van der Waals surface area contributed by atoms with Crippen LogP contribution in [0.5, 0.6) is 5.75 Å². The third-order valence-corrected chi connectivity index (χ3v) is 5.12. The van der Waals surface area contributed by atoms with E-state index in [1.807, 2.05) is 48.7 Å². The van der Waals surface area contributed by atoms with Gasteiger partial charge in [0.05, 0.1) is 6.21 Å². The number of nitrogens with zero attached hydrogens (tertiary/aromatic N) is 2. The van der Waals surface area contributed by atoms with Crippen LogP contribution in [0.4, 0.5) is 0 Å². The highest BCUT2D eigenvalue weighted by Gasteiger charge is 2.07. The summed E-state index contributed by atoms with van der Waals surface area (Å²) in [6.45, 7) is 0.664. The van der Waals surface area contributed by atoms with Crippen molar-refractivity contribution in [1.82, 2.24) is 9.99 Å². The molecule has 6 heteroatoms. The van der Waals surface area contributed by atoms with Gasteiger partial charge in [-0.25, -0.2) is 5.43 Å². The molecule has 0 saturated carbocycles. The molecule has 0 saturated heterocycles. The molecule has 0 fully saturated rings. The molecule has 5 nitrogen and oxygen atoms in total. The second-order valence-electron chi connectivity index (χ2n) is 6.75. The summed E-state index contributed by atoms with van der Waals surface area (Å²) in [6, 6.07) is 25.8. The number of para-hydroxylation sites is 1. The topological polar surface area (TPSA) is 55.6 Å². The lowest BCUT2D eigenvalue weighted by atomic mass is 10.2. The van der Waals surface area contributed by atoms with Gasteiger partial charge >= 0.3 is 0 Å². The first-order valence-corrected chi connectivity index (χ1v) is 10.3. The van der Waals surface area contributed by atoms with E-state index in [9.17, 15) is 4.79 Å². The van der Waals surface area contributed by atoms with E-state index in [0.29, 0.717) is 5.75 Å². The minimum absolute atomic E-state index is 0.102. The van der Waals surface area contributed by atoms with Crippen LogP contribution in [0.2, 0.25) is 0 Å². The van der Waals surface area contributed by atoms with Crippen molar-refractivity contribution in [2.45, 2.75) is 6.54 Å². The van der Waals surface area contributed by atoms with Crippen molar-refractivity contribution in [2.24, 2.45) is 5.10 Å². The molecule has 1 heterocycles. The predicted octanol–water partition coefficient (Wildman–Crippen LogP) is 4.98. The predicted molar refractivity (Wildman–Crippen MR) is 123 cm³/mol. The van der Waals surface area contributed by atoms with Crippen molar-refractivity contribution >= 4 is 39.0 Å². The molecule has 3 aromatic carbocycles. The van der Waals surface area contributed by atoms with Crippen LogP contribution in [-0.4, -0.2) is 23.3 Å². The molecular formula is C24H20BrN3O2. The molecule has 30 heavy (non-hydrogen) atoms. The fourth-order valence-corrected chi connectivity index (χ4v) is 3.44. The Morgan fingerprint density at radius 3 is 2.53 bits per heavy atom. The summed E-state index contributed by atoms with van der Waals surface area (Å²) in [5.41, 5.74) is 5.80. The number of hydrazone groups is 1. The first-order valence-electron chi connectivity index (χ1n) is 9.51. The van der Waals surface area contributed by atoms with E-state index in [1.54, 1.807) is 18.3 Å². The van der Waals surface area contributed by atoms with Crippen LogP contribution in [0.25, 0.3) is 10.9 Å². The molecule has 4 rings (SSSR count). The number of hydrogen-bond acceptors (Lipinski definition) is 3. The largest absolute Gasteiger partial charge is 0.484 e. The maximum atomic E-state index is 12.0. The lowest BCUT2D eigenvalue weighted by Crippen LogP contribution is -2.24. The van der Waals surface area contributed by atoms with E-state index in [0.717, 1.165) is 27.5 Å². The summed E-state index contributed by atoms with van der Waals surface area (Å²) in [7, 11) is 0. The third kappa shape index (κ3) is 4.96. The van der Waals surface area contributed by atoms with Crippen molar-refractivity contribution in [1.29, 1.82) is 0 Å². The van der Waals surface area contributed by atoms with E-state index in [4.69, 9.17) is 4.74 Å². The minimum atomic E-state index is -0.317. The lowest BCUT2D eigenvalue weighted by molar-refractivity contribution is -0.123. The summed E-state index contributed by atoms with van der Waals surface area (Å²) in [5, 5.41) is 5.19. The Bertz CT molecular complexity index is 1170. The number of halogens is 1. The molecule has 0 aliphatic rings. The summed E-state index contributed by atoms with van der Waals surface area (Å²) in [4.78, 5) is 12.0. The average Bonchev–Trinajstić information content (AvgIpc) is 3.12. The molecule has 0 unspecified atom stereocenters. The Kier molecular flexibility index (Phi) is 6.25. The van der Waals surface area contributed by atoms with E-state index in [2.05, 4.69) is 55.3 Å². The van der Waals surface area contributed by atoms with Crippen molar-refractivity contribution in [3.63, 3.8) is 0 Å². The number of fused-ring (bicyclic) bond motifs is 1. The Balaban J connectivity index is 1.42. The first kappa shape index (κ1) is 19.9. The summed E-state index contributed by atoms with van der Waals surface area (Å²) in [6.07, 6.45) is 3.72. The fourth-order valence-electron chi connectivity index (χ4n) is 3.17. The number of carbonyl (C=O) groups is 1. The minimum Gasteiger partial charge on any atom is -0.484 e. The third-order valence-electron chi connectivity index (χ3n) is 4.59. The van der Waals surface area contributed by atoms with Gasteiger partial charge in [-0.05, 0) is 35.9 Å². The molecule has 0 radical (unpaired) electrons. The van der Waals surface area contributed by atoms with Crippen LogP contribution in [0, 0.1) is 0 Å². The number of rotatable bonds is 7. The number of nitrogens with one attached hydrogen (secondary N) is 1. The molecule has 0 aliphatic carbocycles. The highest BCUT2D eigenvalue weighted by molar-refractivity contribution is 9.10. The molecular weight excluding hydrogens is 442 g/mol. The summed E-state index contributed by atoms with van der Waals surface area (Å²) >= 11 is 3.36. The van der Waals surface area contributed by atoms with Gasteiger partial charge in [0.2, 0.25) is 0 Å². The van der Waals surface area contributed by atoms with Crippen LogP contribution in [0.15, 0.2) is 94.6 Å². The Labute approximate surface area is 183 Å². The van der Waals surface area contributed by atoms with E-state index >= 15 is 0 Å². The molecule has 4 aromatic rings. The molecule has 0 bridgehead atoms. The molecule has 1 N–H and O–H groups in total. The number of ether oxygens (including phenoxy) is 1. The van der Waals surface area contributed by atoms with E-state index < -0.39 is 0 Å². The second kappa shape index (κ2) is 9.41. The van der Waals surface area contributed by atoms with Gasteiger partial charge in [-0.3, -0.25) is 4.79 Å². The van der Waals surface area contributed by atoms with Crippen LogP contribution in [-0.2, 0) is 11.3 Å². The molecule has 0 spiro atoms. The zero-order chi connectivity index (χ0) is 20.8. The van der Waals surface area contributed by atoms with Crippen LogP contribution in [0.1, 0.15) is 11.1 Å². The monoisotopic (exact) mass is 461 g/mol. The van der Waals surface area contributed by atoms with Crippen molar-refractivity contribution in [3.05, 3.63) is 101 Å². The summed E-state index contributed by atoms with van der Waals surface area (Å²) in [5.74, 6) is 0.309. The Morgan fingerprint density at radius 2 is 1.73 bits per heavy atom. The van der Waals surface area contributed by atoms with Gasteiger partial charge in [0.15, 0.2) is 6.61 Å². The Morgan fingerprint density at radius 1 is 1.00 bits per heavy atom. The molecule has 1 amide bonds. The highest BCUT2D eigenvalue weighted by Crippen LogP contribution is 2.21. The number of hydrogen-bond donors (Lipinski definition) is 1. The number of aromatic nitrogens is 1. The lowest BCUT2D eigenvalue weighted by Gasteiger charge is -2.05. The maximum absolute atomic E-state index is 12.0. The molecule has 0 aliphatic heterocycles. The molecule has 1 aromatic heterocycles. The van der Waals surface area contributed by atoms with Gasteiger partial charge in [0.25, 0.3) is 5.91 Å². The zero-order valence-electron chi connectivity index (χ0n) is 16.2. The highest BCUT2D eigenvalue weighted by atomic mass is 79.9. The van der Waals surface area contributed by atoms with Gasteiger partial charge in [-0.15, -0.1) is 0 Å². The quantitative estimate of drug-likeness (QED) is 0.311. The molecule has 0 atom stereocenters. The Hall–Kier alpha value is -3.38. The number of benzene rings is 3. The van der Waals surface area contributed by atoms with Crippen LogP contribution >= 0.6 is 15.9 Å². The first-order chi connectivity index (χ1) is 14.7. The number of amides is 1. The SMILES string of the molecule is O=C(COc1ccc(Br)cc1)N/N=C/c1cn(Cc2ccccc2)c2ccccc12. The second-order valence-corrected chi connectivity index (χ2v) is 7.67. The van der Waals surface area contributed by atoms with E-state index in [1.165, 1.54) is 5.56 Å². The van der Waals surface area contributed by atoms with Crippen LogP contribution in [0.3, 0.4) is 0 Å². The normalized spacial score (nSPS) is 11.1. The van der Waals surface area contributed by atoms with Crippen molar-refractivity contribution in [3.8, 4) is 5.75 Å².